The Morgan fingerprint density at radius 2 is 1.73 bits per heavy atom. The number of benzene rings is 3. The molecule has 0 bridgehead atoms. The number of methoxy groups -OCH3 is 1. The minimum Gasteiger partial charge on any atom is -0.493 e. The average molecular weight is 504 g/mol. The molecular formula is C29H29NO7. The summed E-state index contributed by atoms with van der Waals surface area (Å²) in [5, 5.41) is 10.2. The second-order valence-corrected chi connectivity index (χ2v) is 9.12. The summed E-state index contributed by atoms with van der Waals surface area (Å²) in [7, 11) is 1.55. The number of rotatable bonds is 9. The first-order valence-electron chi connectivity index (χ1n) is 12.2. The van der Waals surface area contributed by atoms with Crippen LogP contribution in [0.3, 0.4) is 0 Å². The molecule has 0 aliphatic carbocycles. The Morgan fingerprint density at radius 1 is 1.03 bits per heavy atom. The Balaban J connectivity index is 1.46. The maximum Gasteiger partial charge on any atom is 0.326 e. The van der Waals surface area contributed by atoms with Gasteiger partial charge in [0.05, 0.1) is 20.3 Å². The van der Waals surface area contributed by atoms with E-state index >= 15 is 0 Å². The van der Waals surface area contributed by atoms with Gasteiger partial charge in [0.2, 0.25) is 0 Å². The van der Waals surface area contributed by atoms with E-state index in [1.807, 2.05) is 66.7 Å². The van der Waals surface area contributed by atoms with Crippen LogP contribution in [0.1, 0.15) is 28.4 Å². The van der Waals surface area contributed by atoms with E-state index in [1.54, 1.807) is 13.2 Å². The van der Waals surface area contributed by atoms with Crippen molar-refractivity contribution < 1.29 is 33.6 Å². The lowest BCUT2D eigenvalue weighted by molar-refractivity contribution is -0.180. The Bertz CT molecular complexity index is 1240. The third-order valence-corrected chi connectivity index (χ3v) is 6.71. The second-order valence-electron chi connectivity index (χ2n) is 9.12. The summed E-state index contributed by atoms with van der Waals surface area (Å²) in [6, 6.07) is 21.4. The molecule has 0 radical (unpaired) electrons. The van der Waals surface area contributed by atoms with Crippen LogP contribution < -0.4 is 9.47 Å². The van der Waals surface area contributed by atoms with Crippen LogP contribution >= 0.6 is 0 Å². The fraction of sp³-hybridized carbons (Fsp3) is 0.310. The lowest BCUT2D eigenvalue weighted by Crippen LogP contribution is -2.51. The number of carbonyl (C=O) groups is 2. The van der Waals surface area contributed by atoms with Gasteiger partial charge in [0.15, 0.2) is 17.6 Å². The highest BCUT2D eigenvalue weighted by molar-refractivity contribution is 5.88. The second kappa shape index (κ2) is 11.0. The molecule has 0 aromatic heterocycles. The number of carboxylic acids is 1. The molecule has 3 aromatic rings. The Kier molecular flexibility index (Phi) is 7.39. The molecule has 1 N–H and O–H groups in total. The number of hydrogen-bond donors (Lipinski definition) is 1. The number of nitrogens with zero attached hydrogens (tertiary/aromatic N) is 1. The van der Waals surface area contributed by atoms with Crippen LogP contribution in [0.4, 0.5) is 0 Å². The van der Waals surface area contributed by atoms with Crippen LogP contribution in [0.2, 0.25) is 0 Å². The van der Waals surface area contributed by atoms with Gasteiger partial charge in [0, 0.05) is 18.5 Å². The zero-order valence-electron chi connectivity index (χ0n) is 20.5. The molecule has 5 rings (SSSR count). The third kappa shape index (κ3) is 5.30. The van der Waals surface area contributed by atoms with Crippen molar-refractivity contribution >= 4 is 11.9 Å². The average Bonchev–Trinajstić information content (AvgIpc) is 2.91. The third-order valence-electron chi connectivity index (χ3n) is 6.71. The molecule has 8 heteroatoms. The first-order valence-corrected chi connectivity index (χ1v) is 12.2. The number of aliphatic carboxylic acids is 1. The van der Waals surface area contributed by atoms with Crippen molar-refractivity contribution in [3.63, 3.8) is 0 Å². The number of fused-ring (bicyclic) bond motifs is 1. The summed E-state index contributed by atoms with van der Waals surface area (Å²) in [6.45, 7) is 1.24. The number of amides is 1. The molecule has 2 aliphatic rings. The van der Waals surface area contributed by atoms with Crippen molar-refractivity contribution in [3.8, 4) is 11.5 Å². The van der Waals surface area contributed by atoms with Crippen molar-refractivity contribution in [3.05, 3.63) is 95.1 Å². The summed E-state index contributed by atoms with van der Waals surface area (Å²) in [4.78, 5) is 27.7. The summed E-state index contributed by atoms with van der Waals surface area (Å²) in [5.41, 5.74) is 3.20. The van der Waals surface area contributed by atoms with Gasteiger partial charge in [-0.25, -0.2) is 4.79 Å². The molecular weight excluding hydrogens is 474 g/mol. The number of ether oxygens (including phenoxy) is 4. The molecule has 2 atom stereocenters. The molecule has 1 amide bonds. The first-order chi connectivity index (χ1) is 18.0. The molecule has 1 fully saturated rings. The van der Waals surface area contributed by atoms with Crippen LogP contribution in [0.5, 0.6) is 11.5 Å². The van der Waals surface area contributed by atoms with Crippen molar-refractivity contribution in [1.82, 2.24) is 4.90 Å². The van der Waals surface area contributed by atoms with Gasteiger partial charge in [-0.05, 0) is 22.8 Å². The van der Waals surface area contributed by atoms with E-state index in [1.165, 1.54) is 4.90 Å². The molecule has 8 nitrogen and oxygen atoms in total. The quantitative estimate of drug-likeness (QED) is 0.475. The van der Waals surface area contributed by atoms with E-state index in [9.17, 15) is 14.7 Å². The summed E-state index contributed by atoms with van der Waals surface area (Å²) in [5.74, 6) is -0.452. The van der Waals surface area contributed by atoms with Crippen LogP contribution in [0.25, 0.3) is 0 Å². The number of carbonyl (C=O) groups excluding carboxylic acids is 1. The smallest absolute Gasteiger partial charge is 0.326 e. The molecule has 0 spiro atoms. The van der Waals surface area contributed by atoms with Crippen molar-refractivity contribution in [2.75, 3.05) is 20.3 Å². The first kappa shape index (κ1) is 24.8. The highest BCUT2D eigenvalue weighted by Gasteiger charge is 2.41. The van der Waals surface area contributed by atoms with Gasteiger partial charge in [-0.1, -0.05) is 66.7 Å². The summed E-state index contributed by atoms with van der Waals surface area (Å²) in [6.07, 6.45) is -1.05. The maximum atomic E-state index is 13.9. The Morgan fingerprint density at radius 3 is 2.35 bits per heavy atom. The molecule has 37 heavy (non-hydrogen) atoms. The van der Waals surface area contributed by atoms with Crippen LogP contribution in [-0.2, 0) is 38.6 Å². The van der Waals surface area contributed by atoms with E-state index < -0.39 is 24.0 Å². The largest absolute Gasteiger partial charge is 0.493 e. The predicted molar refractivity (Wildman–Crippen MR) is 134 cm³/mol. The monoisotopic (exact) mass is 503 g/mol. The zero-order chi connectivity index (χ0) is 25.8. The highest BCUT2D eigenvalue weighted by atomic mass is 16.6. The summed E-state index contributed by atoms with van der Waals surface area (Å²) >= 11 is 0. The molecule has 0 saturated carbocycles. The summed E-state index contributed by atoms with van der Waals surface area (Å²) < 4.78 is 23.0. The Hall–Kier alpha value is -3.88. The SMILES string of the molecule is COc1ccc2c(c1OCc1ccccc1)CC(C(=O)O)N(C(=O)C(OC1COC1)c1ccccc1)C2. The van der Waals surface area contributed by atoms with Gasteiger partial charge < -0.3 is 29.0 Å². The van der Waals surface area contributed by atoms with Gasteiger partial charge >= 0.3 is 5.97 Å². The molecule has 3 aromatic carbocycles. The fourth-order valence-electron chi connectivity index (χ4n) is 4.66. The van der Waals surface area contributed by atoms with Crippen molar-refractivity contribution in [2.24, 2.45) is 0 Å². The van der Waals surface area contributed by atoms with Crippen molar-refractivity contribution in [1.29, 1.82) is 0 Å². The molecule has 2 heterocycles. The lowest BCUT2D eigenvalue weighted by atomic mass is 9.91. The topological polar surface area (TPSA) is 94.5 Å². The minimum absolute atomic E-state index is 0.0891. The van der Waals surface area contributed by atoms with E-state index in [4.69, 9.17) is 18.9 Å². The van der Waals surface area contributed by atoms with Gasteiger partial charge in [-0.15, -0.1) is 0 Å². The minimum atomic E-state index is -1.09. The lowest BCUT2D eigenvalue weighted by Gasteiger charge is -2.38. The van der Waals surface area contributed by atoms with Crippen LogP contribution in [0, 0.1) is 0 Å². The van der Waals surface area contributed by atoms with E-state index in [0.717, 1.165) is 16.7 Å². The molecule has 192 valence electrons. The van der Waals surface area contributed by atoms with E-state index in [-0.39, 0.29) is 19.1 Å². The standard InChI is InChI=1S/C29H29NO7/c1-34-25-13-12-21-15-30(28(31)26(37-22-17-35-18-22)20-10-6-3-7-11-20)24(29(32)33)14-23(21)27(25)36-16-19-8-4-2-5-9-19/h2-13,22,24,26H,14-18H2,1H3,(H,32,33). The van der Waals surface area contributed by atoms with Gasteiger partial charge in [-0.2, -0.15) is 0 Å². The Labute approximate surface area is 215 Å². The van der Waals surface area contributed by atoms with Gasteiger partial charge in [0.1, 0.15) is 18.8 Å². The fourth-order valence-corrected chi connectivity index (χ4v) is 4.66. The van der Waals surface area contributed by atoms with Crippen LogP contribution in [-0.4, -0.2) is 54.4 Å². The number of carboxylic acid groups (broad SMARTS) is 1. The van der Waals surface area contributed by atoms with E-state index in [2.05, 4.69) is 0 Å². The van der Waals surface area contributed by atoms with Gasteiger partial charge in [0.25, 0.3) is 5.91 Å². The zero-order valence-corrected chi connectivity index (χ0v) is 20.5. The maximum absolute atomic E-state index is 13.9. The number of hydrogen-bond acceptors (Lipinski definition) is 6. The van der Waals surface area contributed by atoms with E-state index in [0.29, 0.717) is 36.9 Å². The van der Waals surface area contributed by atoms with Crippen LogP contribution in [0.15, 0.2) is 72.8 Å². The molecule has 2 aliphatic heterocycles. The molecule has 1 saturated heterocycles. The normalized spacial score (nSPS) is 17.9. The van der Waals surface area contributed by atoms with Gasteiger partial charge in [-0.3, -0.25) is 4.79 Å². The highest BCUT2D eigenvalue weighted by Crippen LogP contribution is 2.40. The van der Waals surface area contributed by atoms with Crippen molar-refractivity contribution in [2.45, 2.75) is 37.8 Å². The predicted octanol–water partition coefficient (Wildman–Crippen LogP) is 3.77. The molecule has 2 unspecified atom stereocenters.